The zero-order valence-corrected chi connectivity index (χ0v) is 12.0. The van der Waals surface area contributed by atoms with Crippen LogP contribution in [0.15, 0.2) is 35.0 Å². The smallest absolute Gasteiger partial charge is 0.0465 e. The van der Waals surface area contributed by atoms with Crippen LogP contribution in [0.4, 0.5) is 0 Å². The van der Waals surface area contributed by atoms with E-state index in [1.807, 2.05) is 22.7 Å². The Bertz CT molecular complexity index is 405. The summed E-state index contributed by atoms with van der Waals surface area (Å²) in [4.78, 5) is 2.90. The average Bonchev–Trinajstić information content (AvgIpc) is 3.00. The van der Waals surface area contributed by atoms with Gasteiger partial charge in [0, 0.05) is 28.3 Å². The van der Waals surface area contributed by atoms with Crippen LogP contribution in [0.3, 0.4) is 0 Å². The maximum atomic E-state index is 3.72. The number of rotatable bonds is 6. The molecular formula is C14H19NS2. The third kappa shape index (κ3) is 3.66. The van der Waals surface area contributed by atoms with Crippen LogP contribution in [0.25, 0.3) is 0 Å². The Labute approximate surface area is 112 Å². The second kappa shape index (κ2) is 6.34. The zero-order valence-electron chi connectivity index (χ0n) is 10.3. The molecule has 0 aliphatic heterocycles. The summed E-state index contributed by atoms with van der Waals surface area (Å²) in [6, 6.07) is 9.77. The Kier molecular flexibility index (Phi) is 4.77. The number of hydrogen-bond donors (Lipinski definition) is 1. The van der Waals surface area contributed by atoms with Gasteiger partial charge in [-0.2, -0.15) is 0 Å². The van der Waals surface area contributed by atoms with E-state index < -0.39 is 0 Å². The first-order valence-electron chi connectivity index (χ1n) is 6.11. The summed E-state index contributed by atoms with van der Waals surface area (Å²) in [6.07, 6.45) is 2.27. The van der Waals surface area contributed by atoms with Gasteiger partial charge in [-0.25, -0.2) is 0 Å². The molecular weight excluding hydrogens is 246 g/mol. The molecule has 0 saturated heterocycles. The average molecular weight is 265 g/mol. The molecule has 0 spiro atoms. The van der Waals surface area contributed by atoms with Gasteiger partial charge >= 0.3 is 0 Å². The van der Waals surface area contributed by atoms with Crippen LogP contribution in [0.5, 0.6) is 0 Å². The molecule has 3 heteroatoms. The second-order valence-electron chi connectivity index (χ2n) is 4.33. The highest BCUT2D eigenvalue weighted by atomic mass is 32.1. The molecule has 0 fully saturated rings. The van der Waals surface area contributed by atoms with Crippen LogP contribution in [-0.2, 0) is 6.42 Å². The molecule has 2 aromatic heterocycles. The van der Waals surface area contributed by atoms with E-state index in [0.29, 0.717) is 12.1 Å². The van der Waals surface area contributed by atoms with Crippen molar-refractivity contribution in [2.24, 2.45) is 0 Å². The number of nitrogens with one attached hydrogen (secondary N) is 1. The third-order valence-electron chi connectivity index (χ3n) is 2.97. The third-order valence-corrected chi connectivity index (χ3v) is 4.85. The predicted molar refractivity (Wildman–Crippen MR) is 78.0 cm³/mol. The lowest BCUT2D eigenvalue weighted by Crippen LogP contribution is -2.30. The Hall–Kier alpha value is -0.640. The molecule has 17 heavy (non-hydrogen) atoms. The highest BCUT2D eigenvalue weighted by Gasteiger charge is 2.15. The molecule has 92 valence electrons. The molecule has 1 N–H and O–H groups in total. The van der Waals surface area contributed by atoms with Crippen molar-refractivity contribution in [1.29, 1.82) is 0 Å². The van der Waals surface area contributed by atoms with E-state index in [0.717, 1.165) is 6.42 Å². The molecule has 2 rings (SSSR count). The van der Waals surface area contributed by atoms with Gasteiger partial charge in [-0.1, -0.05) is 19.1 Å². The van der Waals surface area contributed by atoms with Gasteiger partial charge in [0.15, 0.2) is 0 Å². The molecule has 0 bridgehead atoms. The molecule has 0 amide bonds. The number of thiophene rings is 2. The van der Waals surface area contributed by atoms with Crippen molar-refractivity contribution in [3.63, 3.8) is 0 Å². The molecule has 0 saturated carbocycles. The van der Waals surface area contributed by atoms with Crippen molar-refractivity contribution in [1.82, 2.24) is 5.32 Å². The Morgan fingerprint density at radius 1 is 1.18 bits per heavy atom. The van der Waals surface area contributed by atoms with Gasteiger partial charge in [0.25, 0.3) is 0 Å². The summed E-state index contributed by atoms with van der Waals surface area (Å²) in [6.45, 7) is 4.49. The normalized spacial score (nSPS) is 14.7. The molecule has 0 radical (unpaired) electrons. The van der Waals surface area contributed by atoms with Gasteiger partial charge in [0.1, 0.15) is 0 Å². The Morgan fingerprint density at radius 2 is 1.94 bits per heavy atom. The summed E-state index contributed by atoms with van der Waals surface area (Å²) in [5, 5.41) is 8.04. The Balaban J connectivity index is 2.07. The van der Waals surface area contributed by atoms with Crippen molar-refractivity contribution in [2.45, 2.75) is 38.8 Å². The molecule has 0 aromatic carbocycles. The first-order valence-corrected chi connectivity index (χ1v) is 7.87. The molecule has 2 unspecified atom stereocenters. The van der Waals surface area contributed by atoms with Gasteiger partial charge < -0.3 is 5.32 Å². The summed E-state index contributed by atoms with van der Waals surface area (Å²) in [5.41, 5.74) is 0. The van der Waals surface area contributed by atoms with Gasteiger partial charge in [-0.15, -0.1) is 22.7 Å². The Morgan fingerprint density at radius 3 is 2.53 bits per heavy atom. The SMILES string of the molecule is CCC(C)NC(Cc1cccs1)c1cccs1. The summed E-state index contributed by atoms with van der Waals surface area (Å²) in [5.74, 6) is 0. The van der Waals surface area contributed by atoms with Gasteiger partial charge in [0.05, 0.1) is 0 Å². The fourth-order valence-corrected chi connectivity index (χ4v) is 3.36. The van der Waals surface area contributed by atoms with E-state index in [4.69, 9.17) is 0 Å². The van der Waals surface area contributed by atoms with E-state index in [-0.39, 0.29) is 0 Å². The molecule has 0 aliphatic rings. The molecule has 0 aliphatic carbocycles. The van der Waals surface area contributed by atoms with Crippen molar-refractivity contribution >= 4 is 22.7 Å². The summed E-state index contributed by atoms with van der Waals surface area (Å²) < 4.78 is 0. The summed E-state index contributed by atoms with van der Waals surface area (Å²) >= 11 is 3.70. The first kappa shape index (κ1) is 12.8. The van der Waals surface area contributed by atoms with Crippen LogP contribution < -0.4 is 5.32 Å². The monoisotopic (exact) mass is 265 g/mol. The largest absolute Gasteiger partial charge is 0.306 e. The fourth-order valence-electron chi connectivity index (χ4n) is 1.82. The van der Waals surface area contributed by atoms with Crippen LogP contribution in [0.2, 0.25) is 0 Å². The van der Waals surface area contributed by atoms with Gasteiger partial charge in [0.2, 0.25) is 0 Å². The molecule has 2 atom stereocenters. The van der Waals surface area contributed by atoms with Crippen LogP contribution in [0.1, 0.15) is 36.1 Å². The van der Waals surface area contributed by atoms with E-state index in [1.165, 1.54) is 16.2 Å². The predicted octanol–water partition coefficient (Wildman–Crippen LogP) is 4.48. The fraction of sp³-hybridized carbons (Fsp3) is 0.429. The molecule has 2 aromatic rings. The number of hydrogen-bond acceptors (Lipinski definition) is 3. The van der Waals surface area contributed by atoms with Gasteiger partial charge in [-0.3, -0.25) is 0 Å². The zero-order chi connectivity index (χ0) is 12.1. The van der Waals surface area contributed by atoms with Crippen molar-refractivity contribution < 1.29 is 0 Å². The van der Waals surface area contributed by atoms with Gasteiger partial charge in [-0.05, 0) is 36.2 Å². The topological polar surface area (TPSA) is 12.0 Å². The molecule has 2 heterocycles. The van der Waals surface area contributed by atoms with Crippen molar-refractivity contribution in [3.8, 4) is 0 Å². The van der Waals surface area contributed by atoms with Crippen molar-refractivity contribution in [2.75, 3.05) is 0 Å². The maximum absolute atomic E-state index is 3.72. The summed E-state index contributed by atoms with van der Waals surface area (Å²) in [7, 11) is 0. The van der Waals surface area contributed by atoms with Crippen molar-refractivity contribution in [3.05, 3.63) is 44.8 Å². The van der Waals surface area contributed by atoms with E-state index >= 15 is 0 Å². The highest BCUT2D eigenvalue weighted by molar-refractivity contribution is 7.10. The van der Waals surface area contributed by atoms with E-state index in [9.17, 15) is 0 Å². The standard InChI is InChI=1S/C14H19NS2/c1-3-11(2)15-13(14-7-5-9-17-14)10-12-6-4-8-16-12/h4-9,11,13,15H,3,10H2,1-2H3. The van der Waals surface area contributed by atoms with E-state index in [1.54, 1.807) is 0 Å². The van der Waals surface area contributed by atoms with E-state index in [2.05, 4.69) is 54.2 Å². The first-order chi connectivity index (χ1) is 8.29. The minimum Gasteiger partial charge on any atom is -0.306 e. The lowest BCUT2D eigenvalue weighted by molar-refractivity contribution is 0.450. The van der Waals surface area contributed by atoms with Crippen LogP contribution in [-0.4, -0.2) is 6.04 Å². The quantitative estimate of drug-likeness (QED) is 0.812. The lowest BCUT2D eigenvalue weighted by atomic mass is 10.1. The second-order valence-corrected chi connectivity index (χ2v) is 6.34. The van der Waals surface area contributed by atoms with Crippen LogP contribution in [0, 0.1) is 0 Å². The van der Waals surface area contributed by atoms with Crippen LogP contribution >= 0.6 is 22.7 Å². The minimum atomic E-state index is 0.462. The molecule has 1 nitrogen and oxygen atoms in total. The lowest BCUT2D eigenvalue weighted by Gasteiger charge is -2.21. The maximum Gasteiger partial charge on any atom is 0.0465 e. The highest BCUT2D eigenvalue weighted by Crippen LogP contribution is 2.25. The minimum absolute atomic E-state index is 0.462.